The average Bonchev–Trinajstić information content (AvgIpc) is 3.06. The van der Waals surface area contributed by atoms with E-state index in [0.717, 1.165) is 41.9 Å². The van der Waals surface area contributed by atoms with Crippen molar-refractivity contribution in [1.29, 1.82) is 0 Å². The fraction of sp³-hybridized carbons (Fsp3) is 0.385. The van der Waals surface area contributed by atoms with Gasteiger partial charge in [-0.2, -0.15) is 13.2 Å². The fourth-order valence-electron chi connectivity index (χ4n) is 3.76. The van der Waals surface area contributed by atoms with Gasteiger partial charge in [0.25, 0.3) is 0 Å². The number of hydrogen-bond donors (Lipinski definition) is 0. The highest BCUT2D eigenvalue weighted by Crippen LogP contribution is 2.31. The first-order valence-corrected chi connectivity index (χ1v) is 10.3. The molecule has 2 atom stereocenters. The van der Waals surface area contributed by atoms with Crippen LogP contribution in [0.3, 0.4) is 0 Å². The number of nitrogens with zero attached hydrogens (tertiary/aromatic N) is 1. The molecule has 1 aliphatic heterocycles. The Kier molecular flexibility index (Phi) is 9.08. The minimum atomic E-state index is -4.34. The molecule has 0 radical (unpaired) electrons. The Balaban J connectivity index is 0.00000363. The van der Waals surface area contributed by atoms with Crippen LogP contribution in [0.1, 0.15) is 31.9 Å². The molecule has 1 aromatic rings. The van der Waals surface area contributed by atoms with Crippen molar-refractivity contribution >= 4 is 5.57 Å². The molecule has 1 aromatic carbocycles. The number of alkyl halides is 3. The molecular weight excluding hydrogens is 418 g/mol. The highest BCUT2D eigenvalue weighted by molar-refractivity contribution is 5.74. The van der Waals surface area contributed by atoms with Crippen LogP contribution in [0, 0.1) is 11.8 Å². The van der Waals surface area contributed by atoms with Gasteiger partial charge in [-0.05, 0) is 48.8 Å². The number of hydrogen-bond acceptors (Lipinski definition) is 2. The van der Waals surface area contributed by atoms with Gasteiger partial charge in [-0.25, -0.2) is 4.39 Å². The second kappa shape index (κ2) is 11.3. The Morgan fingerprint density at radius 3 is 2.53 bits per heavy atom. The van der Waals surface area contributed by atoms with Crippen LogP contribution >= 0.6 is 0 Å². The van der Waals surface area contributed by atoms with Crippen molar-refractivity contribution in [2.24, 2.45) is 11.8 Å². The molecule has 0 bridgehead atoms. The lowest BCUT2D eigenvalue weighted by atomic mass is 9.98. The summed E-state index contributed by atoms with van der Waals surface area (Å²) >= 11 is 0. The van der Waals surface area contributed by atoms with Gasteiger partial charge in [0.15, 0.2) is 0 Å². The lowest BCUT2D eigenvalue weighted by Crippen LogP contribution is -2.20. The van der Waals surface area contributed by atoms with Crippen molar-refractivity contribution in [2.75, 3.05) is 26.8 Å². The van der Waals surface area contributed by atoms with Crippen molar-refractivity contribution in [2.45, 2.75) is 26.9 Å². The summed E-state index contributed by atoms with van der Waals surface area (Å²) in [5, 5.41) is 0. The van der Waals surface area contributed by atoms with Crippen LogP contribution in [0.4, 0.5) is 17.6 Å². The smallest absolute Gasteiger partial charge is 0.375 e. The van der Waals surface area contributed by atoms with E-state index in [1.165, 1.54) is 18.2 Å². The van der Waals surface area contributed by atoms with Gasteiger partial charge in [-0.15, -0.1) is 0 Å². The molecule has 0 saturated carbocycles. The molecule has 2 aliphatic rings. The number of allylic oxidation sites excluding steroid dienone is 6. The van der Waals surface area contributed by atoms with E-state index in [-0.39, 0.29) is 25.1 Å². The summed E-state index contributed by atoms with van der Waals surface area (Å²) in [7, 11) is 1.99. The fourth-order valence-corrected chi connectivity index (χ4v) is 3.76. The summed E-state index contributed by atoms with van der Waals surface area (Å²) in [5.41, 5.74) is 2.01. The molecule has 0 aromatic heterocycles. The average molecular weight is 450 g/mol. The van der Waals surface area contributed by atoms with Gasteiger partial charge in [-0.3, -0.25) is 0 Å². The van der Waals surface area contributed by atoms with Crippen molar-refractivity contribution < 1.29 is 22.3 Å². The topological polar surface area (TPSA) is 12.5 Å². The van der Waals surface area contributed by atoms with Gasteiger partial charge in [0.2, 0.25) is 0 Å². The Labute approximate surface area is 188 Å². The minimum absolute atomic E-state index is 0. The van der Waals surface area contributed by atoms with Crippen LogP contribution in [-0.2, 0) is 10.9 Å². The summed E-state index contributed by atoms with van der Waals surface area (Å²) in [6.07, 6.45) is 9.27. The van der Waals surface area contributed by atoms with E-state index < -0.39 is 11.7 Å². The molecule has 2 unspecified atom stereocenters. The molecule has 0 fully saturated rings. The van der Waals surface area contributed by atoms with Gasteiger partial charge >= 0.3 is 6.18 Å². The van der Waals surface area contributed by atoms with Crippen LogP contribution in [0.2, 0.25) is 0 Å². The van der Waals surface area contributed by atoms with E-state index in [1.807, 2.05) is 32.2 Å². The maximum atomic E-state index is 13.3. The van der Waals surface area contributed by atoms with Crippen LogP contribution in [0.15, 0.2) is 78.3 Å². The van der Waals surface area contributed by atoms with E-state index >= 15 is 0 Å². The zero-order valence-electron chi connectivity index (χ0n) is 17.7. The standard InChI is InChI=1S/C25H27F4NO.CH4/c1-3-5-21(20-8-10-22(11-9-20)25(27,28)29)12-19-14-24(30(2)15-19)17-31-16-18-6-4-7-23(26)13-18;/h3-5,7-14,18-19H,6,15-17H2,1-2H3;1H4/b5-3-,21-12+;. The van der Waals surface area contributed by atoms with Crippen LogP contribution in [-0.4, -0.2) is 31.7 Å². The second-order valence-electron chi connectivity index (χ2n) is 7.86. The maximum Gasteiger partial charge on any atom is 0.416 e. The summed E-state index contributed by atoms with van der Waals surface area (Å²) in [5.74, 6) is -0.0527. The molecular formula is C26H31F4NO. The third kappa shape index (κ3) is 6.95. The minimum Gasteiger partial charge on any atom is -0.375 e. The Hall–Kier alpha value is -2.60. The molecule has 0 spiro atoms. The summed E-state index contributed by atoms with van der Waals surface area (Å²) in [4.78, 5) is 2.11. The normalized spacial score (nSPS) is 21.6. The third-order valence-corrected chi connectivity index (χ3v) is 5.36. The molecule has 3 rings (SSSR count). The van der Waals surface area contributed by atoms with Crippen LogP contribution in [0.5, 0.6) is 0 Å². The van der Waals surface area contributed by atoms with E-state index in [0.29, 0.717) is 13.2 Å². The van der Waals surface area contributed by atoms with Crippen molar-refractivity contribution in [3.8, 4) is 0 Å². The molecule has 32 heavy (non-hydrogen) atoms. The van der Waals surface area contributed by atoms with Crippen molar-refractivity contribution in [3.63, 3.8) is 0 Å². The summed E-state index contributed by atoms with van der Waals surface area (Å²) in [6, 6.07) is 5.24. The highest BCUT2D eigenvalue weighted by atomic mass is 19.4. The monoisotopic (exact) mass is 449 g/mol. The summed E-state index contributed by atoms with van der Waals surface area (Å²) in [6.45, 7) is 3.54. The molecule has 0 saturated heterocycles. The number of rotatable bonds is 7. The number of halogens is 4. The summed E-state index contributed by atoms with van der Waals surface area (Å²) < 4.78 is 57.7. The molecule has 0 amide bonds. The van der Waals surface area contributed by atoms with E-state index in [9.17, 15) is 17.6 Å². The van der Waals surface area contributed by atoms with Gasteiger partial charge < -0.3 is 9.64 Å². The molecule has 0 N–H and O–H groups in total. The second-order valence-corrected chi connectivity index (χ2v) is 7.86. The first-order valence-electron chi connectivity index (χ1n) is 10.3. The first-order chi connectivity index (χ1) is 14.8. The van der Waals surface area contributed by atoms with Gasteiger partial charge in [0.1, 0.15) is 5.83 Å². The maximum absolute atomic E-state index is 13.3. The van der Waals surface area contributed by atoms with E-state index in [1.54, 1.807) is 6.08 Å². The lowest BCUT2D eigenvalue weighted by Gasteiger charge is -2.19. The zero-order valence-corrected chi connectivity index (χ0v) is 17.7. The SMILES string of the molecule is C.C/C=C\C(=C/C1C=C(COCC2C=C(F)C=CC2)N(C)C1)c1ccc(C(F)(F)F)cc1. The number of benzene rings is 1. The number of ether oxygens (including phenoxy) is 1. The predicted molar refractivity (Wildman–Crippen MR) is 122 cm³/mol. The molecule has 1 aliphatic carbocycles. The Morgan fingerprint density at radius 2 is 1.91 bits per heavy atom. The molecule has 2 nitrogen and oxygen atoms in total. The van der Waals surface area contributed by atoms with Gasteiger partial charge in [-0.1, -0.05) is 49.9 Å². The lowest BCUT2D eigenvalue weighted by molar-refractivity contribution is -0.137. The first kappa shape index (κ1) is 25.7. The van der Waals surface area contributed by atoms with Gasteiger partial charge in [0.05, 0.1) is 18.8 Å². The van der Waals surface area contributed by atoms with Crippen LogP contribution < -0.4 is 0 Å². The van der Waals surface area contributed by atoms with Crippen molar-refractivity contribution in [1.82, 2.24) is 4.90 Å². The van der Waals surface area contributed by atoms with Gasteiger partial charge in [0, 0.05) is 31.1 Å². The quantitative estimate of drug-likeness (QED) is 0.323. The highest BCUT2D eigenvalue weighted by Gasteiger charge is 2.30. The molecule has 1 heterocycles. The largest absolute Gasteiger partial charge is 0.416 e. The van der Waals surface area contributed by atoms with Crippen molar-refractivity contribution in [3.05, 3.63) is 89.4 Å². The predicted octanol–water partition coefficient (Wildman–Crippen LogP) is 7.19. The van der Waals surface area contributed by atoms with E-state index in [4.69, 9.17) is 4.74 Å². The Bertz CT molecular complexity index is 907. The molecule has 6 heteroatoms. The van der Waals surface area contributed by atoms with Crippen LogP contribution in [0.25, 0.3) is 5.57 Å². The van der Waals surface area contributed by atoms with E-state index in [2.05, 4.69) is 17.1 Å². The third-order valence-electron chi connectivity index (χ3n) is 5.36. The number of likely N-dealkylation sites (N-methyl/N-ethyl adjacent to an activating group) is 1. The zero-order chi connectivity index (χ0) is 22.4. The molecule has 174 valence electrons. The Morgan fingerprint density at radius 1 is 1.19 bits per heavy atom.